The summed E-state index contributed by atoms with van der Waals surface area (Å²) in [5, 5.41) is 0. The molecule has 0 spiro atoms. The molecular formula is C38H48N2O8. The zero-order valence-electron chi connectivity index (χ0n) is 29.6. The standard InChI is InChI=1S/C38H48N2O8/c1-24-15-26(12-13-30(24)48-27-16-33(43-7)35(45-9)34(17-27)44-8)46-22-37(2,3)21-38(4,5)23-47-32-19-29-28(18-31(32)42-6)36(41)40-14-10-11-25(40)20-39-29/h12-13,15-20,25H,10-11,14,21-23H2,1-9H3. The molecule has 0 aromatic heterocycles. The molecule has 3 aromatic rings. The van der Waals surface area contributed by atoms with E-state index >= 15 is 0 Å². The van der Waals surface area contributed by atoms with Gasteiger partial charge in [0, 0.05) is 31.0 Å². The molecule has 10 heteroatoms. The number of hydrogen-bond acceptors (Lipinski definition) is 9. The lowest BCUT2D eigenvalue weighted by molar-refractivity contribution is 0.0771. The molecule has 0 bridgehead atoms. The maximum absolute atomic E-state index is 13.2. The number of methoxy groups -OCH3 is 4. The van der Waals surface area contributed by atoms with Crippen LogP contribution in [0.15, 0.2) is 47.5 Å². The van der Waals surface area contributed by atoms with Gasteiger partial charge in [-0.15, -0.1) is 0 Å². The molecule has 1 unspecified atom stereocenters. The summed E-state index contributed by atoms with van der Waals surface area (Å²) in [6.07, 6.45) is 4.65. The van der Waals surface area contributed by atoms with Crippen LogP contribution in [-0.2, 0) is 0 Å². The molecule has 48 heavy (non-hydrogen) atoms. The normalized spacial score (nSPS) is 15.7. The van der Waals surface area contributed by atoms with Crippen LogP contribution in [0.4, 0.5) is 5.69 Å². The zero-order valence-corrected chi connectivity index (χ0v) is 29.6. The highest BCUT2D eigenvalue weighted by atomic mass is 16.5. The van der Waals surface area contributed by atoms with Gasteiger partial charge in [-0.05, 0) is 66.8 Å². The maximum atomic E-state index is 13.2. The van der Waals surface area contributed by atoms with E-state index in [0.29, 0.717) is 64.7 Å². The van der Waals surface area contributed by atoms with Gasteiger partial charge >= 0.3 is 0 Å². The quantitative estimate of drug-likeness (QED) is 0.171. The third-order valence-electron chi connectivity index (χ3n) is 8.68. The Morgan fingerprint density at radius 3 is 2.06 bits per heavy atom. The third kappa shape index (κ3) is 7.75. The van der Waals surface area contributed by atoms with E-state index in [4.69, 9.17) is 33.2 Å². The Morgan fingerprint density at radius 2 is 1.44 bits per heavy atom. The summed E-state index contributed by atoms with van der Waals surface area (Å²) in [5.74, 6) is 4.66. The average Bonchev–Trinajstić information content (AvgIpc) is 3.49. The van der Waals surface area contributed by atoms with Crippen LogP contribution in [0.1, 0.15) is 62.9 Å². The van der Waals surface area contributed by atoms with Crippen molar-refractivity contribution in [2.75, 3.05) is 48.2 Å². The molecule has 1 atom stereocenters. The van der Waals surface area contributed by atoms with Crippen molar-refractivity contribution >= 4 is 17.8 Å². The van der Waals surface area contributed by atoms with Crippen LogP contribution in [0, 0.1) is 17.8 Å². The first-order chi connectivity index (χ1) is 22.9. The van der Waals surface area contributed by atoms with Crippen LogP contribution in [0.2, 0.25) is 0 Å². The molecule has 0 N–H and O–H groups in total. The van der Waals surface area contributed by atoms with Crippen LogP contribution in [-0.4, -0.2) is 71.3 Å². The number of aryl methyl sites for hydroxylation is 1. The number of hydrogen-bond donors (Lipinski definition) is 0. The summed E-state index contributed by atoms with van der Waals surface area (Å²) in [7, 11) is 6.31. The van der Waals surface area contributed by atoms with Crippen molar-refractivity contribution in [3.8, 4) is 46.0 Å². The van der Waals surface area contributed by atoms with Crippen molar-refractivity contribution in [1.29, 1.82) is 0 Å². The first kappa shape index (κ1) is 34.7. The predicted octanol–water partition coefficient (Wildman–Crippen LogP) is 8.04. The van der Waals surface area contributed by atoms with E-state index in [1.807, 2.05) is 42.3 Å². The Labute approximate surface area is 283 Å². The molecule has 0 aliphatic carbocycles. The Balaban J connectivity index is 1.20. The van der Waals surface area contributed by atoms with Crippen LogP contribution >= 0.6 is 0 Å². The van der Waals surface area contributed by atoms with Gasteiger partial charge in [-0.2, -0.15) is 0 Å². The number of aliphatic imine (C=N–C) groups is 1. The highest BCUT2D eigenvalue weighted by molar-refractivity contribution is 6.03. The highest BCUT2D eigenvalue weighted by Crippen LogP contribution is 2.43. The maximum Gasteiger partial charge on any atom is 0.256 e. The van der Waals surface area contributed by atoms with Gasteiger partial charge in [0.05, 0.1) is 58.9 Å². The second kappa shape index (κ2) is 14.3. The van der Waals surface area contributed by atoms with E-state index in [1.54, 1.807) is 46.6 Å². The van der Waals surface area contributed by atoms with E-state index in [1.165, 1.54) is 0 Å². The number of carbonyl (C=O) groups excluding carboxylic acids is 1. The number of fused-ring (bicyclic) bond motifs is 2. The van der Waals surface area contributed by atoms with Gasteiger partial charge in [-0.3, -0.25) is 9.79 Å². The number of amides is 1. The molecule has 10 nitrogen and oxygen atoms in total. The number of carbonyl (C=O) groups is 1. The van der Waals surface area contributed by atoms with Gasteiger partial charge in [0.2, 0.25) is 5.75 Å². The Kier molecular flexibility index (Phi) is 10.3. The molecule has 2 heterocycles. The fraction of sp³-hybridized carbons (Fsp3) is 0.474. The van der Waals surface area contributed by atoms with Crippen molar-refractivity contribution < 1.29 is 38.0 Å². The number of benzene rings is 3. The SMILES string of the molecule is COc1cc2c(cc1OCC(C)(C)CC(C)(C)COc1ccc(Oc3cc(OC)c(OC)c(OC)c3)c(C)c1)N=CC1CCCN1C2=O. The van der Waals surface area contributed by atoms with Crippen molar-refractivity contribution in [3.63, 3.8) is 0 Å². The van der Waals surface area contributed by atoms with Gasteiger partial charge in [0.1, 0.15) is 17.2 Å². The van der Waals surface area contributed by atoms with E-state index in [9.17, 15) is 4.79 Å². The predicted molar refractivity (Wildman–Crippen MR) is 186 cm³/mol. The Morgan fingerprint density at radius 1 is 0.771 bits per heavy atom. The van der Waals surface area contributed by atoms with Gasteiger partial charge in [0.25, 0.3) is 5.91 Å². The van der Waals surface area contributed by atoms with Crippen LogP contribution in [0.25, 0.3) is 0 Å². The second-order valence-corrected chi connectivity index (χ2v) is 14.0. The smallest absolute Gasteiger partial charge is 0.256 e. The molecule has 3 aromatic carbocycles. The Bertz CT molecular complexity index is 1640. The average molecular weight is 661 g/mol. The summed E-state index contributed by atoms with van der Waals surface area (Å²) >= 11 is 0. The van der Waals surface area contributed by atoms with E-state index in [0.717, 1.165) is 37.1 Å². The summed E-state index contributed by atoms with van der Waals surface area (Å²) in [6, 6.07) is 12.9. The van der Waals surface area contributed by atoms with Gasteiger partial charge in [-0.25, -0.2) is 0 Å². The largest absolute Gasteiger partial charge is 0.493 e. The summed E-state index contributed by atoms with van der Waals surface area (Å²) in [5.41, 5.74) is 1.74. The molecule has 2 aliphatic heterocycles. The molecule has 0 radical (unpaired) electrons. The minimum absolute atomic E-state index is 0.00661. The summed E-state index contributed by atoms with van der Waals surface area (Å²) in [6.45, 7) is 12.4. The first-order valence-corrected chi connectivity index (χ1v) is 16.3. The van der Waals surface area contributed by atoms with Crippen LogP contribution < -0.4 is 33.2 Å². The van der Waals surface area contributed by atoms with E-state index in [2.05, 4.69) is 32.7 Å². The van der Waals surface area contributed by atoms with Crippen molar-refractivity contribution in [3.05, 3.63) is 53.6 Å². The molecular weight excluding hydrogens is 612 g/mol. The van der Waals surface area contributed by atoms with Crippen molar-refractivity contribution in [1.82, 2.24) is 4.90 Å². The molecule has 1 fully saturated rings. The third-order valence-corrected chi connectivity index (χ3v) is 8.68. The number of ether oxygens (including phenoxy) is 7. The van der Waals surface area contributed by atoms with Crippen molar-refractivity contribution in [2.45, 2.75) is 59.9 Å². The van der Waals surface area contributed by atoms with Crippen LogP contribution in [0.5, 0.6) is 46.0 Å². The van der Waals surface area contributed by atoms with Crippen LogP contribution in [0.3, 0.4) is 0 Å². The molecule has 2 aliphatic rings. The minimum Gasteiger partial charge on any atom is -0.493 e. The molecule has 258 valence electrons. The molecule has 5 rings (SSSR count). The van der Waals surface area contributed by atoms with E-state index < -0.39 is 0 Å². The lowest BCUT2D eigenvalue weighted by Crippen LogP contribution is -2.35. The fourth-order valence-corrected chi connectivity index (χ4v) is 6.64. The zero-order chi connectivity index (χ0) is 34.6. The topological polar surface area (TPSA) is 97.3 Å². The van der Waals surface area contributed by atoms with Gasteiger partial charge < -0.3 is 38.1 Å². The highest BCUT2D eigenvalue weighted by Gasteiger charge is 2.34. The first-order valence-electron chi connectivity index (χ1n) is 16.3. The molecule has 0 saturated carbocycles. The van der Waals surface area contributed by atoms with Gasteiger partial charge in [0.15, 0.2) is 23.0 Å². The lowest BCUT2D eigenvalue weighted by atomic mass is 9.76. The fourth-order valence-electron chi connectivity index (χ4n) is 6.64. The van der Waals surface area contributed by atoms with E-state index in [-0.39, 0.29) is 22.8 Å². The number of rotatable bonds is 14. The Hall–Kier alpha value is -4.60. The lowest BCUT2D eigenvalue weighted by Gasteiger charge is -2.34. The van der Waals surface area contributed by atoms with Crippen molar-refractivity contribution in [2.24, 2.45) is 15.8 Å². The van der Waals surface area contributed by atoms with Gasteiger partial charge in [-0.1, -0.05) is 27.7 Å². The minimum atomic E-state index is -0.194. The molecule has 1 saturated heterocycles. The number of nitrogens with zero attached hydrogens (tertiary/aromatic N) is 2. The monoisotopic (exact) mass is 660 g/mol. The second-order valence-electron chi connectivity index (χ2n) is 14.0. The summed E-state index contributed by atoms with van der Waals surface area (Å²) < 4.78 is 40.8. The molecule has 1 amide bonds. The summed E-state index contributed by atoms with van der Waals surface area (Å²) in [4.78, 5) is 19.8.